The van der Waals surface area contributed by atoms with Gasteiger partial charge in [0.25, 0.3) is 20.2 Å². The number of ether oxygens (including phenoxy) is 2. The molecular weight excluding hydrogens is 615 g/mol. The Morgan fingerprint density at radius 1 is 0.878 bits per heavy atom. The Hall–Kier alpha value is -3.19. The molecule has 0 fully saturated rings. The molecule has 0 amide bonds. The number of benzene rings is 3. The normalized spacial score (nSPS) is 12.0. The lowest BCUT2D eigenvalue weighted by Crippen LogP contribution is -2.06. The van der Waals surface area contributed by atoms with Crippen LogP contribution in [0.25, 0.3) is 0 Å². The predicted octanol–water partition coefficient (Wildman–Crippen LogP) is 7.46. The van der Waals surface area contributed by atoms with Crippen molar-refractivity contribution in [3.05, 3.63) is 100 Å². The summed E-state index contributed by atoms with van der Waals surface area (Å²) in [6, 6.07) is 13.0. The van der Waals surface area contributed by atoms with Gasteiger partial charge in [-0.3, -0.25) is 13.9 Å². The van der Waals surface area contributed by atoms with Gasteiger partial charge in [-0.2, -0.15) is 16.8 Å². The van der Waals surface area contributed by atoms with E-state index >= 15 is 0 Å². The fourth-order valence-corrected chi connectivity index (χ4v) is 4.82. The van der Waals surface area contributed by atoms with Crippen LogP contribution in [0.15, 0.2) is 94.3 Å². The standard InChI is InChI=1S/C26H22Cl2O9S2.C2H6/c1-2-4-17(26(29)22-15-18(27)6-12-23(22)28)5-3-14-36-24-13-9-20(16-25(24)39(33,34)35)37-19-7-10-21(11-8-19)38(30,31)32;1-2/h2,4-13,15-16H,3,14H2,1H3,(H,30,31,32)(H,33,34,35);1-2H3/b4-2-,17-5+;. The van der Waals surface area contributed by atoms with Crippen molar-refractivity contribution in [3.8, 4) is 17.2 Å². The van der Waals surface area contributed by atoms with Crippen molar-refractivity contribution in [1.29, 1.82) is 0 Å². The average Bonchev–Trinajstić information content (AvgIpc) is 2.92. The van der Waals surface area contributed by atoms with Gasteiger partial charge in [0.05, 0.1) is 16.5 Å². The second-order valence-corrected chi connectivity index (χ2v) is 11.5. The molecule has 0 aliphatic heterocycles. The first-order valence-corrected chi connectivity index (χ1v) is 15.8. The van der Waals surface area contributed by atoms with Gasteiger partial charge in [-0.1, -0.05) is 55.3 Å². The number of allylic oxidation sites excluding steroid dienone is 3. The minimum absolute atomic E-state index is 0.00819. The van der Waals surface area contributed by atoms with E-state index in [2.05, 4.69) is 0 Å². The molecule has 0 saturated heterocycles. The third-order valence-electron chi connectivity index (χ3n) is 5.07. The van der Waals surface area contributed by atoms with Crippen LogP contribution < -0.4 is 9.47 Å². The van der Waals surface area contributed by atoms with Crippen molar-refractivity contribution in [2.45, 2.75) is 37.0 Å². The quantitative estimate of drug-likeness (QED) is 0.0715. The van der Waals surface area contributed by atoms with Crippen LogP contribution in [0.2, 0.25) is 10.0 Å². The Balaban J connectivity index is 0.00000287. The summed E-state index contributed by atoms with van der Waals surface area (Å²) < 4.78 is 76.2. The summed E-state index contributed by atoms with van der Waals surface area (Å²) >= 11 is 12.1. The van der Waals surface area contributed by atoms with Gasteiger partial charge in [0.2, 0.25) is 0 Å². The zero-order chi connectivity index (χ0) is 30.8. The molecule has 3 rings (SSSR count). The highest BCUT2D eigenvalue weighted by Gasteiger charge is 2.19. The molecule has 0 aliphatic carbocycles. The fraction of sp³-hybridized carbons (Fsp3) is 0.179. The third kappa shape index (κ3) is 9.99. The van der Waals surface area contributed by atoms with Gasteiger partial charge in [-0.25, -0.2) is 0 Å². The highest BCUT2D eigenvalue weighted by Crippen LogP contribution is 2.31. The van der Waals surface area contributed by atoms with Gasteiger partial charge in [0.1, 0.15) is 22.1 Å². The van der Waals surface area contributed by atoms with E-state index in [9.17, 15) is 26.2 Å². The highest BCUT2D eigenvalue weighted by atomic mass is 35.5. The maximum atomic E-state index is 12.9. The number of Topliss-reactive ketones (excluding diaryl/α,β-unsaturated/α-hetero) is 1. The lowest BCUT2D eigenvalue weighted by atomic mass is 10.0. The first kappa shape index (κ1) is 34.0. The van der Waals surface area contributed by atoms with E-state index in [-0.39, 0.29) is 51.5 Å². The molecule has 220 valence electrons. The van der Waals surface area contributed by atoms with Crippen LogP contribution >= 0.6 is 23.2 Å². The van der Waals surface area contributed by atoms with Crippen molar-refractivity contribution in [1.82, 2.24) is 0 Å². The molecule has 0 bridgehead atoms. The second kappa shape index (κ2) is 15.2. The zero-order valence-corrected chi connectivity index (χ0v) is 25.4. The minimum atomic E-state index is -4.72. The topological polar surface area (TPSA) is 144 Å². The lowest BCUT2D eigenvalue weighted by molar-refractivity contribution is 0.103. The average molecular weight is 644 g/mol. The summed E-state index contributed by atoms with van der Waals surface area (Å²) in [5.74, 6) is -0.362. The van der Waals surface area contributed by atoms with Gasteiger partial charge in [-0.05, 0) is 61.5 Å². The molecule has 0 radical (unpaired) electrons. The second-order valence-electron chi connectivity index (χ2n) is 7.88. The summed E-state index contributed by atoms with van der Waals surface area (Å²) in [5.41, 5.74) is 0.551. The van der Waals surface area contributed by atoms with Crippen molar-refractivity contribution in [3.63, 3.8) is 0 Å². The van der Waals surface area contributed by atoms with Crippen LogP contribution in [-0.4, -0.2) is 38.3 Å². The van der Waals surface area contributed by atoms with E-state index in [0.29, 0.717) is 10.6 Å². The van der Waals surface area contributed by atoms with Crippen molar-refractivity contribution < 1.29 is 40.2 Å². The summed E-state index contributed by atoms with van der Waals surface area (Å²) in [6.07, 6.45) is 5.07. The molecule has 9 nitrogen and oxygen atoms in total. The van der Waals surface area contributed by atoms with Crippen LogP contribution in [0, 0.1) is 0 Å². The molecule has 3 aromatic rings. The van der Waals surface area contributed by atoms with E-state index in [1.807, 2.05) is 13.8 Å². The van der Waals surface area contributed by atoms with Crippen LogP contribution in [-0.2, 0) is 20.2 Å². The molecule has 2 N–H and O–H groups in total. The van der Waals surface area contributed by atoms with Crippen molar-refractivity contribution >= 4 is 49.2 Å². The van der Waals surface area contributed by atoms with Crippen LogP contribution in [0.5, 0.6) is 17.2 Å². The molecule has 0 spiro atoms. The Morgan fingerprint density at radius 2 is 1.51 bits per heavy atom. The van der Waals surface area contributed by atoms with Gasteiger partial charge in [-0.15, -0.1) is 0 Å². The molecule has 0 aliphatic rings. The van der Waals surface area contributed by atoms with Gasteiger partial charge in [0.15, 0.2) is 5.78 Å². The van der Waals surface area contributed by atoms with Crippen LogP contribution in [0.3, 0.4) is 0 Å². The highest BCUT2D eigenvalue weighted by molar-refractivity contribution is 7.86. The van der Waals surface area contributed by atoms with E-state index in [0.717, 1.165) is 18.2 Å². The molecule has 0 aromatic heterocycles. The molecular formula is C28H28Cl2O9S2. The molecule has 41 heavy (non-hydrogen) atoms. The lowest BCUT2D eigenvalue weighted by Gasteiger charge is -2.12. The number of ketones is 1. The van der Waals surface area contributed by atoms with E-state index in [1.165, 1.54) is 36.4 Å². The third-order valence-corrected chi connectivity index (χ3v) is 7.38. The predicted molar refractivity (Wildman–Crippen MR) is 158 cm³/mol. The smallest absolute Gasteiger partial charge is 0.298 e. The number of halogens is 2. The maximum Gasteiger partial charge on any atom is 0.298 e. The largest absolute Gasteiger partial charge is 0.492 e. The molecule has 0 saturated carbocycles. The minimum Gasteiger partial charge on any atom is -0.492 e. The number of rotatable bonds is 11. The first-order valence-electron chi connectivity index (χ1n) is 12.1. The number of carbonyl (C=O) groups excluding carboxylic acids is 1. The molecule has 3 aromatic carbocycles. The summed E-state index contributed by atoms with van der Waals surface area (Å²) in [6.45, 7) is 5.69. The van der Waals surface area contributed by atoms with Gasteiger partial charge < -0.3 is 9.47 Å². The molecule has 13 heteroatoms. The number of carbonyl (C=O) groups is 1. The van der Waals surface area contributed by atoms with Crippen molar-refractivity contribution in [2.24, 2.45) is 0 Å². The van der Waals surface area contributed by atoms with E-state index in [1.54, 1.807) is 31.2 Å². The monoisotopic (exact) mass is 642 g/mol. The zero-order valence-electron chi connectivity index (χ0n) is 22.2. The Bertz CT molecular complexity index is 1650. The number of hydrogen-bond acceptors (Lipinski definition) is 7. The van der Waals surface area contributed by atoms with Gasteiger partial charge >= 0.3 is 0 Å². The number of hydrogen-bond donors (Lipinski definition) is 2. The maximum absolute atomic E-state index is 12.9. The summed E-state index contributed by atoms with van der Waals surface area (Å²) in [4.78, 5) is 12.0. The summed E-state index contributed by atoms with van der Waals surface area (Å²) in [5, 5.41) is 0.594. The molecule has 0 heterocycles. The fourth-order valence-electron chi connectivity index (χ4n) is 3.31. The Labute approximate surface area is 249 Å². The SMILES string of the molecule is C/C=C\C(=C/CCOc1ccc(Oc2ccc(S(=O)(=O)O)cc2)cc1S(=O)(=O)O)C(=O)c1cc(Cl)ccc1Cl.CC. The molecule has 0 atom stereocenters. The Morgan fingerprint density at radius 3 is 2.10 bits per heavy atom. The van der Waals surface area contributed by atoms with Crippen LogP contribution in [0.4, 0.5) is 0 Å². The first-order chi connectivity index (χ1) is 19.3. The van der Waals surface area contributed by atoms with Crippen LogP contribution in [0.1, 0.15) is 37.6 Å². The Kier molecular flexibility index (Phi) is 12.6. The van der Waals surface area contributed by atoms with E-state index < -0.39 is 25.1 Å². The summed E-state index contributed by atoms with van der Waals surface area (Å²) in [7, 11) is -9.11. The van der Waals surface area contributed by atoms with E-state index in [4.69, 9.17) is 37.2 Å². The van der Waals surface area contributed by atoms with Gasteiger partial charge in [0, 0.05) is 28.6 Å². The van der Waals surface area contributed by atoms with Crippen molar-refractivity contribution in [2.75, 3.05) is 6.61 Å². The molecule has 0 unspecified atom stereocenters.